The molecule has 0 fully saturated rings. The van der Waals surface area contributed by atoms with Crippen molar-refractivity contribution in [2.75, 3.05) is 7.11 Å². The normalized spacial score (nSPS) is 10.8. The molecule has 2 aromatic carbocycles. The highest BCUT2D eigenvalue weighted by Crippen LogP contribution is 2.36. The molecule has 0 spiro atoms. The van der Waals surface area contributed by atoms with Gasteiger partial charge >= 0.3 is 5.97 Å². The van der Waals surface area contributed by atoms with E-state index in [0.29, 0.717) is 10.6 Å². The lowest BCUT2D eigenvalue weighted by atomic mass is 10.2. The summed E-state index contributed by atoms with van der Waals surface area (Å²) in [7, 11) is 1.63. The Kier molecular flexibility index (Phi) is 5.31. The van der Waals surface area contributed by atoms with E-state index in [1.807, 2.05) is 30.3 Å². The Bertz CT molecular complexity index is 683. The van der Waals surface area contributed by atoms with Crippen molar-refractivity contribution < 1.29 is 14.6 Å². The number of methoxy groups -OCH3 is 1. The van der Waals surface area contributed by atoms with Gasteiger partial charge in [0.1, 0.15) is 5.75 Å². The molecule has 0 unspecified atom stereocenters. The van der Waals surface area contributed by atoms with Crippen LogP contribution in [0.25, 0.3) is 6.08 Å². The first-order valence-corrected chi connectivity index (χ1v) is 7.31. The third kappa shape index (κ3) is 4.28. The summed E-state index contributed by atoms with van der Waals surface area (Å²) in [6, 6.07) is 13.2. The molecule has 21 heavy (non-hydrogen) atoms. The van der Waals surface area contributed by atoms with Crippen LogP contribution in [0.15, 0.2) is 58.3 Å². The van der Waals surface area contributed by atoms with Gasteiger partial charge in [-0.3, -0.25) is 0 Å². The molecule has 0 amide bonds. The number of hydrogen-bond donors (Lipinski definition) is 1. The van der Waals surface area contributed by atoms with Gasteiger partial charge in [0.15, 0.2) is 0 Å². The van der Waals surface area contributed by atoms with E-state index < -0.39 is 5.97 Å². The smallest absolute Gasteiger partial charge is 0.328 e. The van der Waals surface area contributed by atoms with Crippen LogP contribution in [0.2, 0.25) is 5.02 Å². The van der Waals surface area contributed by atoms with E-state index in [2.05, 4.69) is 0 Å². The first-order chi connectivity index (χ1) is 10.1. The number of carboxylic acid groups (broad SMARTS) is 1. The Morgan fingerprint density at radius 1 is 1.29 bits per heavy atom. The van der Waals surface area contributed by atoms with Crippen molar-refractivity contribution >= 4 is 35.4 Å². The Hall–Kier alpha value is -1.91. The minimum Gasteiger partial charge on any atom is -0.496 e. The number of carboxylic acids is 1. The van der Waals surface area contributed by atoms with Crippen molar-refractivity contribution in [3.8, 4) is 5.75 Å². The van der Waals surface area contributed by atoms with Crippen LogP contribution in [-0.2, 0) is 4.79 Å². The molecule has 2 aromatic rings. The molecule has 0 aliphatic rings. The number of halogens is 1. The maximum Gasteiger partial charge on any atom is 0.328 e. The first-order valence-electron chi connectivity index (χ1n) is 6.11. The van der Waals surface area contributed by atoms with Crippen LogP contribution in [0.5, 0.6) is 5.75 Å². The molecule has 5 heteroatoms. The molecule has 0 bridgehead atoms. The number of hydrogen-bond acceptors (Lipinski definition) is 3. The Balaban J connectivity index is 2.22. The number of benzene rings is 2. The van der Waals surface area contributed by atoms with E-state index in [4.69, 9.17) is 21.4 Å². The maximum absolute atomic E-state index is 10.5. The minimum absolute atomic E-state index is 0.507. The summed E-state index contributed by atoms with van der Waals surface area (Å²) in [6.07, 6.45) is 2.54. The molecule has 0 heterocycles. The van der Waals surface area contributed by atoms with Crippen molar-refractivity contribution in [3.63, 3.8) is 0 Å². The number of carbonyl (C=O) groups is 1. The van der Waals surface area contributed by atoms with E-state index in [1.165, 1.54) is 17.8 Å². The molecule has 0 radical (unpaired) electrons. The van der Waals surface area contributed by atoms with Gasteiger partial charge in [-0.15, -0.1) is 0 Å². The molecular weight excluding hydrogens is 308 g/mol. The van der Waals surface area contributed by atoms with Gasteiger partial charge in [-0.25, -0.2) is 4.79 Å². The quantitative estimate of drug-likeness (QED) is 0.818. The van der Waals surface area contributed by atoms with Crippen molar-refractivity contribution in [3.05, 3.63) is 59.1 Å². The van der Waals surface area contributed by atoms with Gasteiger partial charge in [-0.05, 0) is 35.9 Å². The fourth-order valence-corrected chi connectivity index (χ4v) is 2.97. The van der Waals surface area contributed by atoms with Crippen molar-refractivity contribution in [2.45, 2.75) is 9.79 Å². The largest absolute Gasteiger partial charge is 0.496 e. The van der Waals surface area contributed by atoms with Gasteiger partial charge < -0.3 is 9.84 Å². The minimum atomic E-state index is -1.00. The average molecular weight is 321 g/mol. The van der Waals surface area contributed by atoms with Gasteiger partial charge in [0.25, 0.3) is 0 Å². The van der Waals surface area contributed by atoms with Gasteiger partial charge in [0.2, 0.25) is 0 Å². The number of para-hydroxylation sites is 1. The van der Waals surface area contributed by atoms with Crippen LogP contribution < -0.4 is 4.74 Å². The van der Waals surface area contributed by atoms with Gasteiger partial charge in [-0.1, -0.05) is 41.6 Å². The molecule has 0 aliphatic carbocycles. The summed E-state index contributed by atoms with van der Waals surface area (Å²) >= 11 is 7.70. The molecule has 0 atom stereocenters. The molecule has 0 aliphatic heterocycles. The molecule has 0 aromatic heterocycles. The summed E-state index contributed by atoms with van der Waals surface area (Å²) < 4.78 is 5.31. The zero-order chi connectivity index (χ0) is 15.2. The second-order valence-corrected chi connectivity index (χ2v) is 5.63. The highest BCUT2D eigenvalue weighted by Gasteiger charge is 2.06. The predicted octanol–water partition coefficient (Wildman–Crippen LogP) is 4.60. The van der Waals surface area contributed by atoms with Crippen LogP contribution in [0, 0.1) is 0 Å². The highest BCUT2D eigenvalue weighted by molar-refractivity contribution is 7.99. The number of rotatable bonds is 5. The third-order valence-corrected chi connectivity index (χ3v) is 4.05. The fraction of sp³-hybridized carbons (Fsp3) is 0.0625. The fourth-order valence-electron chi connectivity index (χ4n) is 1.70. The number of aliphatic carboxylic acids is 1. The predicted molar refractivity (Wildman–Crippen MR) is 85.2 cm³/mol. The summed E-state index contributed by atoms with van der Waals surface area (Å²) in [5.74, 6) is -0.202. The summed E-state index contributed by atoms with van der Waals surface area (Å²) in [5.41, 5.74) is 0.670. The van der Waals surface area contributed by atoms with Crippen LogP contribution in [0.1, 0.15) is 5.56 Å². The SMILES string of the molecule is COc1ccccc1Sc1ccc(C=CC(=O)O)c(Cl)c1. The monoisotopic (exact) mass is 320 g/mol. The molecule has 3 nitrogen and oxygen atoms in total. The van der Waals surface area contributed by atoms with Crippen molar-refractivity contribution in [1.29, 1.82) is 0 Å². The van der Waals surface area contributed by atoms with Gasteiger partial charge in [0, 0.05) is 16.0 Å². The lowest BCUT2D eigenvalue weighted by molar-refractivity contribution is -0.131. The summed E-state index contributed by atoms with van der Waals surface area (Å²) in [5, 5.41) is 9.13. The second kappa shape index (κ2) is 7.20. The molecule has 0 saturated heterocycles. The van der Waals surface area contributed by atoms with E-state index in [9.17, 15) is 4.79 Å². The van der Waals surface area contributed by atoms with Crippen LogP contribution in [0.3, 0.4) is 0 Å². The molecular formula is C16H13ClO3S. The zero-order valence-corrected chi connectivity index (χ0v) is 12.8. The van der Waals surface area contributed by atoms with Crippen molar-refractivity contribution in [1.82, 2.24) is 0 Å². The Morgan fingerprint density at radius 2 is 2.05 bits per heavy atom. The molecule has 108 valence electrons. The Labute approximate surface area is 132 Å². The highest BCUT2D eigenvalue weighted by atomic mass is 35.5. The standard InChI is InChI=1S/C16H13ClO3S/c1-20-14-4-2-3-5-15(14)21-12-8-6-11(13(17)10-12)7-9-16(18)19/h2-10H,1H3,(H,18,19). The van der Waals surface area contributed by atoms with Crippen molar-refractivity contribution in [2.24, 2.45) is 0 Å². The van der Waals surface area contributed by atoms with Gasteiger partial charge in [0.05, 0.1) is 12.0 Å². The van der Waals surface area contributed by atoms with Gasteiger partial charge in [-0.2, -0.15) is 0 Å². The topological polar surface area (TPSA) is 46.5 Å². The Morgan fingerprint density at radius 3 is 2.71 bits per heavy atom. The lowest BCUT2D eigenvalue weighted by Gasteiger charge is -2.08. The second-order valence-electron chi connectivity index (χ2n) is 4.11. The zero-order valence-electron chi connectivity index (χ0n) is 11.2. The van der Waals surface area contributed by atoms with Crippen LogP contribution in [0.4, 0.5) is 0 Å². The van der Waals surface area contributed by atoms with E-state index in [-0.39, 0.29) is 0 Å². The van der Waals surface area contributed by atoms with Crippen LogP contribution >= 0.6 is 23.4 Å². The molecule has 2 rings (SSSR count). The molecule has 1 N–H and O–H groups in total. The average Bonchev–Trinajstić information content (AvgIpc) is 2.47. The first kappa shape index (κ1) is 15.5. The molecule has 0 saturated carbocycles. The third-order valence-electron chi connectivity index (χ3n) is 2.67. The number of ether oxygens (including phenoxy) is 1. The van der Waals surface area contributed by atoms with Crippen LogP contribution in [-0.4, -0.2) is 18.2 Å². The summed E-state index contributed by atoms with van der Waals surface area (Å²) in [4.78, 5) is 12.5. The maximum atomic E-state index is 10.5. The lowest BCUT2D eigenvalue weighted by Crippen LogP contribution is -1.87. The summed E-state index contributed by atoms with van der Waals surface area (Å²) in [6.45, 7) is 0. The van der Waals surface area contributed by atoms with E-state index in [1.54, 1.807) is 19.2 Å². The van der Waals surface area contributed by atoms with E-state index >= 15 is 0 Å². The van der Waals surface area contributed by atoms with E-state index in [0.717, 1.165) is 21.6 Å².